The zero-order valence-corrected chi connectivity index (χ0v) is 14.5. The Hall–Kier alpha value is -0.0400. The maximum absolute atomic E-state index is 2.65. The molecule has 0 aliphatic carbocycles. The molecule has 0 aromatic heterocycles. The van der Waals surface area contributed by atoms with Gasteiger partial charge in [0.1, 0.15) is 0 Å². The van der Waals surface area contributed by atoms with E-state index in [-0.39, 0.29) is 0 Å². The molecule has 1 aliphatic heterocycles. The number of hydrogen-bond acceptors (Lipinski definition) is 1. The number of rotatable bonds is 12. The Morgan fingerprint density at radius 3 is 1.90 bits per heavy atom. The summed E-state index contributed by atoms with van der Waals surface area (Å²) in [5.74, 6) is 0.987. The predicted octanol–water partition coefficient (Wildman–Crippen LogP) is 6.03. The first kappa shape index (κ1) is 18.0. The highest BCUT2D eigenvalue weighted by molar-refractivity contribution is 4.83. The van der Waals surface area contributed by atoms with Crippen molar-refractivity contribution in [3.8, 4) is 0 Å². The average Bonchev–Trinajstić information content (AvgIpc) is 2.87. The standard InChI is InChI=1S/C19H39N/c1-4-6-8-10-12-15-18(14-11-9-7-5-2)19-16-13-17-20(19)3/h18-19H,4-17H2,1-3H3. The molecule has 1 saturated heterocycles. The van der Waals surface area contributed by atoms with Crippen LogP contribution in [0.1, 0.15) is 97.3 Å². The quantitative estimate of drug-likeness (QED) is 0.395. The van der Waals surface area contributed by atoms with E-state index in [1.807, 2.05) is 0 Å². The van der Waals surface area contributed by atoms with Crippen molar-refractivity contribution in [3.05, 3.63) is 0 Å². The van der Waals surface area contributed by atoms with Crippen LogP contribution in [0.3, 0.4) is 0 Å². The van der Waals surface area contributed by atoms with Gasteiger partial charge < -0.3 is 4.90 Å². The number of likely N-dealkylation sites (tertiary alicyclic amines) is 1. The molecule has 1 aliphatic rings. The molecular weight excluding hydrogens is 242 g/mol. The monoisotopic (exact) mass is 281 g/mol. The first-order chi connectivity index (χ1) is 9.79. The molecule has 0 amide bonds. The molecule has 0 aromatic rings. The van der Waals surface area contributed by atoms with Gasteiger partial charge in [0, 0.05) is 6.04 Å². The topological polar surface area (TPSA) is 3.24 Å². The molecule has 1 rings (SSSR count). The van der Waals surface area contributed by atoms with Crippen LogP contribution in [0.4, 0.5) is 0 Å². The van der Waals surface area contributed by atoms with Gasteiger partial charge in [-0.1, -0.05) is 71.6 Å². The Balaban J connectivity index is 2.26. The summed E-state index contributed by atoms with van der Waals surface area (Å²) >= 11 is 0. The lowest BCUT2D eigenvalue weighted by atomic mass is 9.87. The van der Waals surface area contributed by atoms with Crippen LogP contribution < -0.4 is 0 Å². The molecule has 1 fully saturated rings. The molecule has 2 unspecified atom stereocenters. The highest BCUT2D eigenvalue weighted by Gasteiger charge is 2.28. The molecule has 0 saturated carbocycles. The van der Waals surface area contributed by atoms with Crippen LogP contribution >= 0.6 is 0 Å². The van der Waals surface area contributed by atoms with Gasteiger partial charge >= 0.3 is 0 Å². The first-order valence-electron chi connectivity index (χ1n) is 9.49. The Labute approximate surface area is 128 Å². The second kappa shape index (κ2) is 11.6. The lowest BCUT2D eigenvalue weighted by Gasteiger charge is -2.29. The van der Waals surface area contributed by atoms with Crippen molar-refractivity contribution in [2.75, 3.05) is 13.6 Å². The van der Waals surface area contributed by atoms with E-state index in [0.29, 0.717) is 0 Å². The molecule has 0 bridgehead atoms. The highest BCUT2D eigenvalue weighted by Crippen LogP contribution is 2.30. The van der Waals surface area contributed by atoms with Crippen LogP contribution in [0.15, 0.2) is 0 Å². The molecule has 120 valence electrons. The second-order valence-electron chi connectivity index (χ2n) is 7.00. The van der Waals surface area contributed by atoms with Crippen molar-refractivity contribution in [2.45, 2.75) is 103 Å². The molecule has 0 spiro atoms. The maximum Gasteiger partial charge on any atom is 0.0121 e. The fourth-order valence-electron chi connectivity index (χ4n) is 3.90. The fourth-order valence-corrected chi connectivity index (χ4v) is 3.90. The van der Waals surface area contributed by atoms with Crippen LogP contribution in [0, 0.1) is 5.92 Å². The largest absolute Gasteiger partial charge is 0.303 e. The van der Waals surface area contributed by atoms with Gasteiger partial charge in [0.25, 0.3) is 0 Å². The third kappa shape index (κ3) is 7.11. The van der Waals surface area contributed by atoms with Crippen LogP contribution in [0.2, 0.25) is 0 Å². The maximum atomic E-state index is 2.65. The smallest absolute Gasteiger partial charge is 0.0121 e. The van der Waals surface area contributed by atoms with Crippen molar-refractivity contribution in [2.24, 2.45) is 5.92 Å². The minimum absolute atomic E-state index is 0.905. The van der Waals surface area contributed by atoms with E-state index in [4.69, 9.17) is 0 Å². The Morgan fingerprint density at radius 1 is 0.850 bits per heavy atom. The van der Waals surface area contributed by atoms with Crippen LogP contribution in [-0.4, -0.2) is 24.5 Å². The van der Waals surface area contributed by atoms with Gasteiger partial charge in [-0.2, -0.15) is 0 Å². The minimum Gasteiger partial charge on any atom is -0.303 e. The second-order valence-corrected chi connectivity index (χ2v) is 7.00. The van der Waals surface area contributed by atoms with E-state index in [1.165, 1.54) is 90.0 Å². The van der Waals surface area contributed by atoms with E-state index >= 15 is 0 Å². The number of unbranched alkanes of at least 4 members (excludes halogenated alkanes) is 7. The molecule has 0 aromatic carbocycles. The molecule has 1 heterocycles. The normalized spacial score (nSPS) is 21.4. The summed E-state index contributed by atoms with van der Waals surface area (Å²) in [6.07, 6.45) is 18.8. The summed E-state index contributed by atoms with van der Waals surface area (Å²) in [5, 5.41) is 0. The summed E-state index contributed by atoms with van der Waals surface area (Å²) in [7, 11) is 2.35. The SMILES string of the molecule is CCCCCCCC(CCCCCC)C1CCCN1C. The third-order valence-corrected chi connectivity index (χ3v) is 5.23. The van der Waals surface area contributed by atoms with Crippen LogP contribution in [0.5, 0.6) is 0 Å². The van der Waals surface area contributed by atoms with Crippen molar-refractivity contribution in [1.29, 1.82) is 0 Å². The molecule has 2 atom stereocenters. The fraction of sp³-hybridized carbons (Fsp3) is 1.00. The zero-order chi connectivity index (χ0) is 14.6. The molecule has 0 N–H and O–H groups in total. The number of hydrogen-bond donors (Lipinski definition) is 0. The van der Waals surface area contributed by atoms with Gasteiger partial charge in [0.2, 0.25) is 0 Å². The summed E-state index contributed by atoms with van der Waals surface area (Å²) in [6.45, 7) is 5.96. The predicted molar refractivity (Wildman–Crippen MR) is 91.3 cm³/mol. The molecule has 20 heavy (non-hydrogen) atoms. The molecule has 1 nitrogen and oxygen atoms in total. The van der Waals surface area contributed by atoms with E-state index < -0.39 is 0 Å². The van der Waals surface area contributed by atoms with Crippen molar-refractivity contribution in [3.63, 3.8) is 0 Å². The summed E-state index contributed by atoms with van der Waals surface area (Å²) in [6, 6.07) is 0.905. The van der Waals surface area contributed by atoms with E-state index in [2.05, 4.69) is 25.8 Å². The van der Waals surface area contributed by atoms with Crippen molar-refractivity contribution >= 4 is 0 Å². The Kier molecular flexibility index (Phi) is 10.4. The lowest BCUT2D eigenvalue weighted by Crippen LogP contribution is -2.32. The minimum atomic E-state index is 0.905. The third-order valence-electron chi connectivity index (χ3n) is 5.23. The zero-order valence-electron chi connectivity index (χ0n) is 14.5. The Morgan fingerprint density at radius 2 is 1.40 bits per heavy atom. The van der Waals surface area contributed by atoms with Gasteiger partial charge in [-0.05, 0) is 45.2 Å². The van der Waals surface area contributed by atoms with E-state index in [9.17, 15) is 0 Å². The van der Waals surface area contributed by atoms with E-state index in [0.717, 1.165) is 12.0 Å². The number of nitrogens with zero attached hydrogens (tertiary/aromatic N) is 1. The van der Waals surface area contributed by atoms with Gasteiger partial charge in [0.15, 0.2) is 0 Å². The van der Waals surface area contributed by atoms with Crippen molar-refractivity contribution in [1.82, 2.24) is 4.90 Å². The highest BCUT2D eigenvalue weighted by atomic mass is 15.1. The first-order valence-corrected chi connectivity index (χ1v) is 9.49. The van der Waals surface area contributed by atoms with Gasteiger partial charge in [-0.3, -0.25) is 0 Å². The van der Waals surface area contributed by atoms with Crippen molar-refractivity contribution < 1.29 is 0 Å². The van der Waals surface area contributed by atoms with E-state index in [1.54, 1.807) is 0 Å². The summed E-state index contributed by atoms with van der Waals surface area (Å²) in [4.78, 5) is 2.65. The summed E-state index contributed by atoms with van der Waals surface area (Å²) in [5.41, 5.74) is 0. The van der Waals surface area contributed by atoms with Gasteiger partial charge in [-0.25, -0.2) is 0 Å². The molecule has 0 radical (unpaired) electrons. The lowest BCUT2D eigenvalue weighted by molar-refractivity contribution is 0.200. The van der Waals surface area contributed by atoms with Crippen LogP contribution in [0.25, 0.3) is 0 Å². The molecule has 1 heteroatoms. The molecular formula is C19H39N. The summed E-state index contributed by atoms with van der Waals surface area (Å²) < 4.78 is 0. The van der Waals surface area contributed by atoms with Crippen LogP contribution in [-0.2, 0) is 0 Å². The van der Waals surface area contributed by atoms with Gasteiger partial charge in [-0.15, -0.1) is 0 Å². The van der Waals surface area contributed by atoms with Gasteiger partial charge in [0.05, 0.1) is 0 Å². The average molecular weight is 282 g/mol. The Bertz CT molecular complexity index is 214.